The first-order valence-corrected chi connectivity index (χ1v) is 13.0. The van der Waals surface area contributed by atoms with Crippen LogP contribution in [0.2, 0.25) is 5.02 Å². The molecule has 1 fully saturated rings. The van der Waals surface area contributed by atoms with Crippen molar-refractivity contribution in [2.24, 2.45) is 0 Å². The molecule has 7 heteroatoms. The van der Waals surface area contributed by atoms with E-state index in [1.807, 2.05) is 66.7 Å². The summed E-state index contributed by atoms with van der Waals surface area (Å²) in [5, 5.41) is 1.49. The van der Waals surface area contributed by atoms with Gasteiger partial charge in [-0.15, -0.1) is 0 Å². The number of aromatic nitrogens is 1. The molecule has 4 aromatic rings. The number of thioether (sulfide) groups is 1. The van der Waals surface area contributed by atoms with E-state index in [9.17, 15) is 9.59 Å². The number of nitrogens with zero attached hydrogens (tertiary/aromatic N) is 2. The predicted molar refractivity (Wildman–Crippen MR) is 146 cm³/mol. The van der Waals surface area contributed by atoms with Crippen LogP contribution >= 0.6 is 23.4 Å². The number of hydrogen-bond acceptors (Lipinski definition) is 4. The third-order valence-electron chi connectivity index (χ3n) is 6.15. The van der Waals surface area contributed by atoms with Gasteiger partial charge in [0.25, 0.3) is 11.1 Å². The molecular formula is C29H25ClN2O3S. The van der Waals surface area contributed by atoms with Crippen LogP contribution in [0.1, 0.15) is 23.6 Å². The fourth-order valence-corrected chi connectivity index (χ4v) is 5.36. The second-order valence-electron chi connectivity index (χ2n) is 8.50. The van der Waals surface area contributed by atoms with Crippen molar-refractivity contribution < 1.29 is 14.3 Å². The lowest BCUT2D eigenvalue weighted by Crippen LogP contribution is -2.32. The molecule has 1 aliphatic heterocycles. The summed E-state index contributed by atoms with van der Waals surface area (Å²) in [6, 6.07) is 23.4. The van der Waals surface area contributed by atoms with Gasteiger partial charge in [0.05, 0.1) is 17.0 Å². The summed E-state index contributed by atoms with van der Waals surface area (Å²) in [5.74, 6) is 0.423. The molecule has 36 heavy (non-hydrogen) atoms. The Morgan fingerprint density at radius 2 is 1.75 bits per heavy atom. The smallest absolute Gasteiger partial charge is 0.293 e. The highest BCUT2D eigenvalue weighted by Gasteiger charge is 2.35. The number of halogens is 1. The van der Waals surface area contributed by atoms with E-state index < -0.39 is 0 Å². The van der Waals surface area contributed by atoms with Crippen molar-refractivity contribution >= 4 is 51.5 Å². The third-order valence-corrected chi connectivity index (χ3v) is 7.31. The summed E-state index contributed by atoms with van der Waals surface area (Å²) in [4.78, 5) is 27.4. The van der Waals surface area contributed by atoms with Crippen LogP contribution in [0, 0.1) is 0 Å². The zero-order valence-corrected chi connectivity index (χ0v) is 21.4. The Balaban J connectivity index is 1.41. The fourth-order valence-electron chi connectivity index (χ4n) is 4.38. The first-order chi connectivity index (χ1) is 17.5. The number of imide groups is 1. The lowest BCUT2D eigenvalue weighted by molar-refractivity contribution is -0.123. The minimum Gasteiger partial charge on any atom is -0.492 e. The van der Waals surface area contributed by atoms with Crippen molar-refractivity contribution in [2.45, 2.75) is 19.9 Å². The molecule has 5 rings (SSSR count). The van der Waals surface area contributed by atoms with Crippen LogP contribution in [0.5, 0.6) is 5.75 Å². The zero-order chi connectivity index (χ0) is 25.1. The van der Waals surface area contributed by atoms with E-state index in [0.29, 0.717) is 22.2 Å². The SMILES string of the molecule is CCc1cccc2c(/C=C3\SC(=O)N(CCOc4ccccc4)C3=O)cn(Cc3ccc(Cl)cc3)c12. The molecule has 0 spiro atoms. The van der Waals surface area contributed by atoms with Crippen molar-refractivity contribution in [1.82, 2.24) is 9.47 Å². The Morgan fingerprint density at radius 3 is 2.50 bits per heavy atom. The molecule has 1 aromatic heterocycles. The molecule has 0 atom stereocenters. The number of aryl methyl sites for hydroxylation is 1. The van der Waals surface area contributed by atoms with Crippen LogP contribution in [0.4, 0.5) is 4.79 Å². The van der Waals surface area contributed by atoms with E-state index in [-0.39, 0.29) is 24.3 Å². The molecule has 5 nitrogen and oxygen atoms in total. The molecule has 0 saturated carbocycles. The molecule has 0 N–H and O–H groups in total. The molecule has 0 radical (unpaired) electrons. The van der Waals surface area contributed by atoms with Crippen LogP contribution in [-0.2, 0) is 17.8 Å². The van der Waals surface area contributed by atoms with Gasteiger partial charge in [-0.3, -0.25) is 14.5 Å². The highest BCUT2D eigenvalue weighted by atomic mass is 35.5. The van der Waals surface area contributed by atoms with Gasteiger partial charge in [0.2, 0.25) is 0 Å². The first kappa shape index (κ1) is 24.2. The van der Waals surface area contributed by atoms with E-state index in [2.05, 4.69) is 29.8 Å². The number of benzene rings is 3. The molecule has 1 aliphatic rings. The van der Waals surface area contributed by atoms with Gasteiger partial charge in [0.15, 0.2) is 0 Å². The number of carbonyl (C=O) groups is 2. The average molecular weight is 517 g/mol. The standard InChI is InChI=1S/C29H25ClN2O3S/c1-2-21-7-6-10-25-22(19-31(27(21)25)18-20-11-13-23(30)14-12-20)17-26-28(33)32(29(34)36-26)15-16-35-24-8-4-3-5-9-24/h3-14,17,19H,2,15-16,18H2,1H3/b26-17-. The van der Waals surface area contributed by atoms with Crippen molar-refractivity contribution in [3.05, 3.63) is 106 Å². The third kappa shape index (κ3) is 5.06. The minimum atomic E-state index is -0.285. The topological polar surface area (TPSA) is 51.5 Å². The number of para-hydroxylation sites is 2. The zero-order valence-electron chi connectivity index (χ0n) is 19.8. The largest absolute Gasteiger partial charge is 0.492 e. The second-order valence-corrected chi connectivity index (χ2v) is 9.93. The molecule has 0 aliphatic carbocycles. The summed E-state index contributed by atoms with van der Waals surface area (Å²) < 4.78 is 7.89. The van der Waals surface area contributed by atoms with Crippen LogP contribution in [0.3, 0.4) is 0 Å². The number of ether oxygens (including phenoxy) is 1. The molecule has 2 amide bonds. The van der Waals surface area contributed by atoms with E-state index in [1.165, 1.54) is 10.5 Å². The van der Waals surface area contributed by atoms with Crippen LogP contribution in [-0.4, -0.2) is 33.8 Å². The fraction of sp³-hybridized carbons (Fsp3) is 0.172. The maximum absolute atomic E-state index is 13.1. The Hall–Kier alpha value is -3.48. The summed E-state index contributed by atoms with van der Waals surface area (Å²) in [6.07, 6.45) is 4.79. The quantitative estimate of drug-likeness (QED) is 0.236. The Labute approximate surface area is 219 Å². The van der Waals surface area contributed by atoms with Gasteiger partial charge in [-0.1, -0.05) is 67.1 Å². The van der Waals surface area contributed by atoms with Crippen LogP contribution in [0.15, 0.2) is 83.9 Å². The van der Waals surface area contributed by atoms with Gasteiger partial charge >= 0.3 is 0 Å². The molecule has 2 heterocycles. The van der Waals surface area contributed by atoms with Gasteiger partial charge in [-0.2, -0.15) is 0 Å². The van der Waals surface area contributed by atoms with Gasteiger partial charge in [0.1, 0.15) is 12.4 Å². The Bertz CT molecular complexity index is 1440. The highest BCUT2D eigenvalue weighted by molar-refractivity contribution is 8.18. The van der Waals surface area contributed by atoms with Gasteiger partial charge < -0.3 is 9.30 Å². The molecule has 0 unspecified atom stereocenters. The molecule has 182 valence electrons. The first-order valence-electron chi connectivity index (χ1n) is 11.8. The Morgan fingerprint density at radius 1 is 0.972 bits per heavy atom. The number of rotatable bonds is 8. The molecule has 1 saturated heterocycles. The number of hydrogen-bond donors (Lipinski definition) is 0. The summed E-state index contributed by atoms with van der Waals surface area (Å²) in [6.45, 7) is 3.26. The Kier molecular flexibility index (Phi) is 7.16. The van der Waals surface area contributed by atoms with Gasteiger partial charge in [-0.25, -0.2) is 0 Å². The van der Waals surface area contributed by atoms with Crippen molar-refractivity contribution in [3.8, 4) is 5.75 Å². The molecule has 3 aromatic carbocycles. The van der Waals surface area contributed by atoms with E-state index in [0.717, 1.165) is 40.2 Å². The normalized spacial score (nSPS) is 14.8. The van der Waals surface area contributed by atoms with E-state index in [4.69, 9.17) is 16.3 Å². The van der Waals surface area contributed by atoms with Crippen molar-refractivity contribution in [1.29, 1.82) is 0 Å². The average Bonchev–Trinajstić information content (AvgIpc) is 3.37. The van der Waals surface area contributed by atoms with E-state index in [1.54, 1.807) is 0 Å². The molecular weight excluding hydrogens is 492 g/mol. The maximum atomic E-state index is 13.1. The number of amides is 2. The van der Waals surface area contributed by atoms with Crippen molar-refractivity contribution in [2.75, 3.05) is 13.2 Å². The number of fused-ring (bicyclic) bond motifs is 1. The summed E-state index contributed by atoms with van der Waals surface area (Å²) in [7, 11) is 0. The second kappa shape index (κ2) is 10.6. The number of carbonyl (C=O) groups excluding carboxylic acids is 2. The molecule has 0 bridgehead atoms. The van der Waals surface area contributed by atoms with Gasteiger partial charge in [0, 0.05) is 28.7 Å². The monoisotopic (exact) mass is 516 g/mol. The predicted octanol–water partition coefficient (Wildman–Crippen LogP) is 7.02. The van der Waals surface area contributed by atoms with Crippen molar-refractivity contribution in [3.63, 3.8) is 0 Å². The maximum Gasteiger partial charge on any atom is 0.293 e. The summed E-state index contributed by atoms with van der Waals surface area (Å²) in [5.41, 5.74) is 4.41. The lowest BCUT2D eigenvalue weighted by Gasteiger charge is -2.13. The van der Waals surface area contributed by atoms with E-state index >= 15 is 0 Å². The lowest BCUT2D eigenvalue weighted by atomic mass is 10.1. The van der Waals surface area contributed by atoms with Gasteiger partial charge in [-0.05, 0) is 59.7 Å². The summed E-state index contributed by atoms with van der Waals surface area (Å²) >= 11 is 7.04. The van der Waals surface area contributed by atoms with Crippen LogP contribution < -0.4 is 4.74 Å². The minimum absolute atomic E-state index is 0.204. The van der Waals surface area contributed by atoms with Crippen LogP contribution in [0.25, 0.3) is 17.0 Å². The highest BCUT2D eigenvalue weighted by Crippen LogP contribution is 2.35.